The van der Waals surface area contributed by atoms with E-state index >= 15 is 0 Å². The lowest BCUT2D eigenvalue weighted by molar-refractivity contribution is 0.0912. The quantitative estimate of drug-likeness (QED) is 0.587. The average Bonchev–Trinajstić information content (AvgIpc) is 2.48. The number of benzene rings is 1. The summed E-state index contributed by atoms with van der Waals surface area (Å²) in [4.78, 5) is 11.9. The minimum Gasteiger partial charge on any atom is -0.384 e. The lowest BCUT2D eigenvalue weighted by Gasteiger charge is -2.06. The first-order chi connectivity index (χ1) is 9.77. The highest BCUT2D eigenvalue weighted by molar-refractivity contribution is 5.94. The maximum Gasteiger partial charge on any atom is 0.251 e. The molecule has 0 aliphatic heterocycles. The zero-order chi connectivity index (χ0) is 14.6. The van der Waals surface area contributed by atoms with E-state index in [1.807, 2.05) is 0 Å². The average molecular weight is 275 g/mol. The molecule has 0 saturated carbocycles. The molecule has 0 atom stereocenters. The van der Waals surface area contributed by atoms with Gasteiger partial charge in [0.05, 0.1) is 6.61 Å². The van der Waals surface area contributed by atoms with Gasteiger partial charge in [0.15, 0.2) is 0 Å². The van der Waals surface area contributed by atoms with Crippen LogP contribution in [-0.2, 0) is 4.74 Å². The molecule has 108 valence electrons. The molecule has 0 unspecified atom stereocenters. The number of nitrogens with one attached hydrogen (secondary N) is 1. The molecular formula is C16H21NO3. The fourth-order valence-corrected chi connectivity index (χ4v) is 1.57. The summed E-state index contributed by atoms with van der Waals surface area (Å²) >= 11 is 0. The predicted octanol–water partition coefficient (Wildman–Crippen LogP) is 1.58. The largest absolute Gasteiger partial charge is 0.384 e. The highest BCUT2D eigenvalue weighted by atomic mass is 16.5. The zero-order valence-corrected chi connectivity index (χ0v) is 11.8. The molecule has 4 heteroatoms. The van der Waals surface area contributed by atoms with Gasteiger partial charge in [-0.1, -0.05) is 31.3 Å². The van der Waals surface area contributed by atoms with Crippen LogP contribution in [0.25, 0.3) is 0 Å². The maximum absolute atomic E-state index is 11.9. The normalized spacial score (nSPS) is 9.70. The molecule has 4 nitrogen and oxygen atoms in total. The van der Waals surface area contributed by atoms with Crippen molar-refractivity contribution in [1.29, 1.82) is 0 Å². The van der Waals surface area contributed by atoms with Crippen LogP contribution < -0.4 is 5.32 Å². The van der Waals surface area contributed by atoms with E-state index in [1.54, 1.807) is 24.3 Å². The number of ether oxygens (including phenoxy) is 1. The van der Waals surface area contributed by atoms with E-state index in [1.165, 1.54) is 0 Å². The summed E-state index contributed by atoms with van der Waals surface area (Å²) in [6.07, 6.45) is 2.15. The van der Waals surface area contributed by atoms with Crippen LogP contribution in [0, 0.1) is 11.8 Å². The van der Waals surface area contributed by atoms with Gasteiger partial charge in [-0.3, -0.25) is 4.79 Å². The van der Waals surface area contributed by atoms with Crippen molar-refractivity contribution in [3.63, 3.8) is 0 Å². The van der Waals surface area contributed by atoms with Crippen molar-refractivity contribution >= 4 is 5.91 Å². The van der Waals surface area contributed by atoms with Crippen molar-refractivity contribution < 1.29 is 14.6 Å². The Kier molecular flexibility index (Phi) is 8.13. The fraction of sp³-hybridized carbons (Fsp3) is 0.438. The second-order valence-electron chi connectivity index (χ2n) is 4.26. The topological polar surface area (TPSA) is 58.6 Å². The zero-order valence-electron chi connectivity index (χ0n) is 11.8. The lowest BCUT2D eigenvalue weighted by atomic mass is 10.1. The number of aliphatic hydroxyl groups excluding tert-OH is 1. The summed E-state index contributed by atoms with van der Waals surface area (Å²) < 4.78 is 5.37. The number of amides is 1. The Balaban J connectivity index is 2.39. The summed E-state index contributed by atoms with van der Waals surface area (Å²) in [6, 6.07) is 7.01. The number of rotatable bonds is 7. The van der Waals surface area contributed by atoms with Gasteiger partial charge in [0.2, 0.25) is 0 Å². The molecule has 0 aromatic heterocycles. The first-order valence-corrected chi connectivity index (χ1v) is 6.83. The Hall–Kier alpha value is -1.83. The van der Waals surface area contributed by atoms with Crippen molar-refractivity contribution in [3.05, 3.63) is 35.4 Å². The van der Waals surface area contributed by atoms with Crippen LogP contribution in [-0.4, -0.2) is 37.4 Å². The van der Waals surface area contributed by atoms with Crippen LogP contribution in [0.15, 0.2) is 24.3 Å². The molecule has 0 radical (unpaired) electrons. The van der Waals surface area contributed by atoms with Gasteiger partial charge in [-0.05, 0) is 24.6 Å². The van der Waals surface area contributed by atoms with Crippen LogP contribution >= 0.6 is 0 Å². The molecule has 0 fully saturated rings. The van der Waals surface area contributed by atoms with E-state index in [0.29, 0.717) is 24.3 Å². The van der Waals surface area contributed by atoms with E-state index < -0.39 is 0 Å². The molecule has 0 saturated heterocycles. The Morgan fingerprint density at radius 3 is 3.00 bits per heavy atom. The second-order valence-corrected chi connectivity index (χ2v) is 4.26. The molecule has 20 heavy (non-hydrogen) atoms. The highest BCUT2D eigenvalue weighted by Crippen LogP contribution is 2.03. The van der Waals surface area contributed by atoms with Gasteiger partial charge in [-0.25, -0.2) is 0 Å². The van der Waals surface area contributed by atoms with Crippen molar-refractivity contribution in [2.24, 2.45) is 0 Å². The van der Waals surface area contributed by atoms with Crippen LogP contribution in [0.1, 0.15) is 35.7 Å². The summed E-state index contributed by atoms with van der Waals surface area (Å²) in [7, 11) is 0. The number of unbranched alkanes of at least 4 members (excludes halogenated alkanes) is 1. The maximum atomic E-state index is 11.9. The first kappa shape index (κ1) is 16.2. The SMILES string of the molecule is CCCCOCCNC(=O)c1cccc(C#CCO)c1. The van der Waals surface area contributed by atoms with Gasteiger partial charge in [-0.15, -0.1) is 0 Å². The Bertz CT molecular complexity index is 474. The molecule has 0 aliphatic carbocycles. The molecular weight excluding hydrogens is 254 g/mol. The fourth-order valence-electron chi connectivity index (χ4n) is 1.57. The predicted molar refractivity (Wildman–Crippen MR) is 78.5 cm³/mol. The van der Waals surface area contributed by atoms with Gasteiger partial charge in [-0.2, -0.15) is 0 Å². The van der Waals surface area contributed by atoms with E-state index in [4.69, 9.17) is 9.84 Å². The standard InChI is InChI=1S/C16H21NO3/c1-2-3-11-20-12-9-17-16(19)15-8-4-6-14(13-15)7-5-10-18/h4,6,8,13,18H,2-3,9-12H2,1H3,(H,17,19). The Morgan fingerprint density at radius 2 is 2.25 bits per heavy atom. The number of carbonyl (C=O) groups excluding carboxylic acids is 1. The van der Waals surface area contributed by atoms with Crippen LogP contribution in [0.2, 0.25) is 0 Å². The van der Waals surface area contributed by atoms with E-state index in [0.717, 1.165) is 19.4 Å². The monoisotopic (exact) mass is 275 g/mol. The van der Waals surface area contributed by atoms with Crippen LogP contribution in [0.3, 0.4) is 0 Å². The molecule has 0 aliphatic rings. The van der Waals surface area contributed by atoms with Gasteiger partial charge in [0.1, 0.15) is 6.61 Å². The third-order valence-corrected chi connectivity index (χ3v) is 2.61. The van der Waals surface area contributed by atoms with Crippen LogP contribution in [0.5, 0.6) is 0 Å². The molecule has 1 amide bonds. The molecule has 2 N–H and O–H groups in total. The number of hydrogen-bond donors (Lipinski definition) is 2. The molecule has 0 heterocycles. The molecule has 0 bridgehead atoms. The third-order valence-electron chi connectivity index (χ3n) is 2.61. The van der Waals surface area contributed by atoms with Gasteiger partial charge in [0, 0.05) is 24.3 Å². The van der Waals surface area contributed by atoms with E-state index in [-0.39, 0.29) is 12.5 Å². The van der Waals surface area contributed by atoms with Gasteiger partial charge in [0.25, 0.3) is 5.91 Å². The number of carbonyl (C=O) groups is 1. The van der Waals surface area contributed by atoms with Crippen molar-refractivity contribution in [3.8, 4) is 11.8 Å². The Labute approximate surface area is 120 Å². The minimum atomic E-state index is -0.189. The Morgan fingerprint density at radius 1 is 1.40 bits per heavy atom. The van der Waals surface area contributed by atoms with Crippen LogP contribution in [0.4, 0.5) is 0 Å². The molecule has 0 spiro atoms. The van der Waals surface area contributed by atoms with Gasteiger partial charge >= 0.3 is 0 Å². The second kappa shape index (κ2) is 10.0. The smallest absolute Gasteiger partial charge is 0.251 e. The van der Waals surface area contributed by atoms with Gasteiger partial charge < -0.3 is 15.2 Å². The van der Waals surface area contributed by atoms with Crippen molar-refractivity contribution in [1.82, 2.24) is 5.32 Å². The minimum absolute atomic E-state index is 0.142. The summed E-state index contributed by atoms with van der Waals surface area (Å²) in [5, 5.41) is 11.4. The summed E-state index contributed by atoms with van der Waals surface area (Å²) in [5.74, 6) is 5.19. The molecule has 1 aromatic carbocycles. The van der Waals surface area contributed by atoms with Crippen molar-refractivity contribution in [2.75, 3.05) is 26.4 Å². The highest BCUT2D eigenvalue weighted by Gasteiger charge is 2.04. The molecule has 1 aromatic rings. The van der Waals surface area contributed by atoms with E-state index in [9.17, 15) is 4.79 Å². The summed E-state index contributed by atoms with van der Waals surface area (Å²) in [5.41, 5.74) is 1.27. The lowest BCUT2D eigenvalue weighted by Crippen LogP contribution is -2.27. The molecule has 1 rings (SSSR count). The third kappa shape index (κ3) is 6.37. The first-order valence-electron chi connectivity index (χ1n) is 6.83. The number of aliphatic hydroxyl groups is 1. The van der Waals surface area contributed by atoms with E-state index in [2.05, 4.69) is 24.1 Å². The summed E-state index contributed by atoms with van der Waals surface area (Å²) in [6.45, 7) is 3.67. The number of hydrogen-bond acceptors (Lipinski definition) is 3. The van der Waals surface area contributed by atoms with Crippen molar-refractivity contribution in [2.45, 2.75) is 19.8 Å².